The first-order valence-electron chi connectivity index (χ1n) is 3.75. The molecule has 0 aliphatic heterocycles. The summed E-state index contributed by atoms with van der Waals surface area (Å²) >= 11 is 0. The van der Waals surface area contributed by atoms with Crippen molar-refractivity contribution in [2.24, 2.45) is 0 Å². The molecule has 12 heavy (non-hydrogen) atoms. The van der Waals surface area contributed by atoms with E-state index in [1.165, 1.54) is 0 Å². The van der Waals surface area contributed by atoms with Crippen LogP contribution < -0.4 is 0 Å². The Morgan fingerprint density at radius 2 is 2.42 bits per heavy atom. The van der Waals surface area contributed by atoms with E-state index >= 15 is 0 Å². The van der Waals surface area contributed by atoms with E-state index in [1.54, 1.807) is 6.33 Å². The highest BCUT2D eigenvalue weighted by Gasteiger charge is 1.95. The molecule has 1 aromatic carbocycles. The minimum atomic E-state index is 0.676. The Labute approximate surface area is 70.6 Å². The monoisotopic (exact) mass is 156 g/mol. The van der Waals surface area contributed by atoms with Gasteiger partial charge in [0.1, 0.15) is 0 Å². The molecule has 1 aromatic heterocycles. The molecule has 0 unspecified atom stereocenters. The molecular formula is C10H8N2. The molecule has 1 N–H and O–H groups in total. The predicted molar refractivity (Wildman–Crippen MR) is 48.6 cm³/mol. The average Bonchev–Trinajstić information content (AvgIpc) is 2.51. The van der Waals surface area contributed by atoms with Crippen LogP contribution in [0.3, 0.4) is 0 Å². The lowest BCUT2D eigenvalue weighted by atomic mass is 10.1. The maximum Gasteiger partial charge on any atom is 0.0931 e. The van der Waals surface area contributed by atoms with Crippen molar-refractivity contribution in [3.63, 3.8) is 0 Å². The lowest BCUT2D eigenvalue weighted by Crippen LogP contribution is -1.80. The van der Waals surface area contributed by atoms with Gasteiger partial charge in [-0.15, -0.1) is 12.3 Å². The van der Waals surface area contributed by atoms with Crippen LogP contribution in [0, 0.1) is 12.3 Å². The van der Waals surface area contributed by atoms with E-state index in [-0.39, 0.29) is 0 Å². The van der Waals surface area contributed by atoms with E-state index in [2.05, 4.69) is 15.9 Å². The van der Waals surface area contributed by atoms with Crippen LogP contribution in [-0.2, 0) is 6.42 Å². The Kier molecular flexibility index (Phi) is 1.56. The molecule has 0 aliphatic carbocycles. The summed E-state index contributed by atoms with van der Waals surface area (Å²) in [5, 5.41) is 0. The van der Waals surface area contributed by atoms with Gasteiger partial charge in [-0.3, -0.25) is 0 Å². The summed E-state index contributed by atoms with van der Waals surface area (Å²) in [4.78, 5) is 7.15. The number of nitrogens with zero attached hydrogens (tertiary/aromatic N) is 1. The summed E-state index contributed by atoms with van der Waals surface area (Å²) in [6, 6.07) is 6.00. The number of nitrogens with one attached hydrogen (secondary N) is 1. The van der Waals surface area contributed by atoms with Crippen LogP contribution in [0.2, 0.25) is 0 Å². The van der Waals surface area contributed by atoms with Gasteiger partial charge in [0.15, 0.2) is 0 Å². The Bertz CT molecular complexity index is 434. The van der Waals surface area contributed by atoms with Gasteiger partial charge in [0.25, 0.3) is 0 Å². The topological polar surface area (TPSA) is 28.7 Å². The third-order valence-electron chi connectivity index (χ3n) is 1.79. The smallest absolute Gasteiger partial charge is 0.0931 e. The summed E-state index contributed by atoms with van der Waals surface area (Å²) in [7, 11) is 0. The second-order valence-corrected chi connectivity index (χ2v) is 2.63. The molecule has 2 aromatic rings. The van der Waals surface area contributed by atoms with E-state index in [9.17, 15) is 0 Å². The third kappa shape index (κ3) is 1.06. The molecule has 2 heteroatoms. The summed E-state index contributed by atoms with van der Waals surface area (Å²) in [6.45, 7) is 0. The van der Waals surface area contributed by atoms with E-state index in [0.29, 0.717) is 6.42 Å². The van der Waals surface area contributed by atoms with Crippen LogP contribution in [0.15, 0.2) is 24.5 Å². The first-order chi connectivity index (χ1) is 5.90. The molecule has 0 spiro atoms. The van der Waals surface area contributed by atoms with Crippen molar-refractivity contribution >= 4 is 11.0 Å². The number of hydrogen-bond acceptors (Lipinski definition) is 1. The fourth-order valence-corrected chi connectivity index (χ4v) is 1.21. The first-order valence-corrected chi connectivity index (χ1v) is 3.75. The SMILES string of the molecule is C#CCc1ccc2nc[nH]c2c1. The van der Waals surface area contributed by atoms with Crippen LogP contribution in [-0.4, -0.2) is 9.97 Å². The van der Waals surface area contributed by atoms with Crippen molar-refractivity contribution in [3.05, 3.63) is 30.1 Å². The van der Waals surface area contributed by atoms with Gasteiger partial charge in [0, 0.05) is 6.42 Å². The number of H-pyrrole nitrogens is 1. The number of aromatic amines is 1. The largest absolute Gasteiger partial charge is 0.345 e. The van der Waals surface area contributed by atoms with Crippen molar-refractivity contribution in [1.29, 1.82) is 0 Å². The quantitative estimate of drug-likeness (QED) is 0.626. The molecule has 0 aliphatic rings. The minimum absolute atomic E-state index is 0.676. The Morgan fingerprint density at radius 3 is 3.25 bits per heavy atom. The summed E-state index contributed by atoms with van der Waals surface area (Å²) in [6.07, 6.45) is 7.56. The second kappa shape index (κ2) is 2.71. The molecule has 2 nitrogen and oxygen atoms in total. The Hall–Kier alpha value is -1.75. The van der Waals surface area contributed by atoms with Crippen molar-refractivity contribution in [2.45, 2.75) is 6.42 Å². The van der Waals surface area contributed by atoms with Crippen LogP contribution >= 0.6 is 0 Å². The summed E-state index contributed by atoms with van der Waals surface area (Å²) in [5.74, 6) is 2.61. The zero-order chi connectivity index (χ0) is 8.39. The van der Waals surface area contributed by atoms with Gasteiger partial charge in [0.05, 0.1) is 17.4 Å². The number of imidazole rings is 1. The van der Waals surface area contributed by atoms with Crippen molar-refractivity contribution < 1.29 is 0 Å². The maximum absolute atomic E-state index is 5.20. The first kappa shape index (κ1) is 6.93. The lowest BCUT2D eigenvalue weighted by molar-refractivity contribution is 1.32. The number of benzene rings is 1. The number of terminal acetylenes is 1. The molecular weight excluding hydrogens is 148 g/mol. The molecule has 0 saturated heterocycles. The summed E-state index contributed by atoms with van der Waals surface area (Å²) in [5.41, 5.74) is 3.17. The van der Waals surface area contributed by atoms with Crippen molar-refractivity contribution in [3.8, 4) is 12.3 Å². The summed E-state index contributed by atoms with van der Waals surface area (Å²) < 4.78 is 0. The standard InChI is InChI=1S/C10H8N2/c1-2-3-8-4-5-9-10(6-8)12-7-11-9/h1,4-7H,3H2,(H,11,12). The van der Waals surface area contributed by atoms with E-state index in [0.717, 1.165) is 16.6 Å². The highest BCUT2D eigenvalue weighted by Crippen LogP contribution is 2.11. The number of fused-ring (bicyclic) bond motifs is 1. The van der Waals surface area contributed by atoms with Crippen LogP contribution in [0.25, 0.3) is 11.0 Å². The maximum atomic E-state index is 5.20. The highest BCUT2D eigenvalue weighted by atomic mass is 14.9. The number of hydrogen-bond donors (Lipinski definition) is 1. The van der Waals surface area contributed by atoms with Crippen molar-refractivity contribution in [1.82, 2.24) is 9.97 Å². The molecule has 1 heterocycles. The van der Waals surface area contributed by atoms with Crippen LogP contribution in [0.1, 0.15) is 5.56 Å². The number of rotatable bonds is 1. The Morgan fingerprint density at radius 1 is 1.50 bits per heavy atom. The van der Waals surface area contributed by atoms with Gasteiger partial charge >= 0.3 is 0 Å². The molecule has 0 saturated carbocycles. The van der Waals surface area contributed by atoms with Gasteiger partial charge < -0.3 is 4.98 Å². The predicted octanol–water partition coefficient (Wildman–Crippen LogP) is 1.74. The fraction of sp³-hybridized carbons (Fsp3) is 0.100. The van der Waals surface area contributed by atoms with E-state index in [4.69, 9.17) is 6.42 Å². The molecule has 0 atom stereocenters. The van der Waals surface area contributed by atoms with Crippen LogP contribution in [0.4, 0.5) is 0 Å². The highest BCUT2D eigenvalue weighted by molar-refractivity contribution is 5.75. The van der Waals surface area contributed by atoms with Gasteiger partial charge in [0.2, 0.25) is 0 Å². The fourth-order valence-electron chi connectivity index (χ4n) is 1.21. The molecule has 58 valence electrons. The Balaban J connectivity index is 2.54. The van der Waals surface area contributed by atoms with Gasteiger partial charge in [-0.25, -0.2) is 4.98 Å². The zero-order valence-corrected chi connectivity index (χ0v) is 6.54. The van der Waals surface area contributed by atoms with Gasteiger partial charge in [-0.05, 0) is 17.7 Å². The molecule has 2 rings (SSSR count). The van der Waals surface area contributed by atoms with Crippen molar-refractivity contribution in [2.75, 3.05) is 0 Å². The van der Waals surface area contributed by atoms with E-state index in [1.807, 2.05) is 18.2 Å². The van der Waals surface area contributed by atoms with Crippen LogP contribution in [0.5, 0.6) is 0 Å². The molecule has 0 bridgehead atoms. The minimum Gasteiger partial charge on any atom is -0.345 e. The van der Waals surface area contributed by atoms with E-state index < -0.39 is 0 Å². The van der Waals surface area contributed by atoms with Gasteiger partial charge in [-0.1, -0.05) is 6.07 Å². The molecule has 0 amide bonds. The van der Waals surface area contributed by atoms with Gasteiger partial charge in [-0.2, -0.15) is 0 Å². The molecule has 0 fully saturated rings. The average molecular weight is 156 g/mol. The molecule has 0 radical (unpaired) electrons. The normalized spacial score (nSPS) is 9.92. The number of aromatic nitrogens is 2. The lowest BCUT2D eigenvalue weighted by Gasteiger charge is -1.93. The third-order valence-corrected chi connectivity index (χ3v) is 1.79. The zero-order valence-electron chi connectivity index (χ0n) is 6.54. The second-order valence-electron chi connectivity index (χ2n) is 2.63.